The summed E-state index contributed by atoms with van der Waals surface area (Å²) < 4.78 is 0. The highest BCUT2D eigenvalue weighted by Crippen LogP contribution is 2.35. The third kappa shape index (κ3) is 1.82. The lowest BCUT2D eigenvalue weighted by Gasteiger charge is -2.33. The summed E-state index contributed by atoms with van der Waals surface area (Å²) in [4.78, 5) is 0. The maximum Gasteiger partial charge on any atom is 0.0568 e. The molecule has 0 aromatic heterocycles. The Hall–Kier alpha value is -0.0400. The van der Waals surface area contributed by atoms with Crippen LogP contribution in [0.15, 0.2) is 0 Å². The van der Waals surface area contributed by atoms with E-state index in [1.165, 1.54) is 44.9 Å². The van der Waals surface area contributed by atoms with Crippen molar-refractivity contribution in [2.24, 2.45) is 11.8 Å². The average molecular weight is 168 g/mol. The van der Waals surface area contributed by atoms with Gasteiger partial charge in [-0.05, 0) is 31.1 Å². The van der Waals surface area contributed by atoms with Crippen molar-refractivity contribution < 1.29 is 5.11 Å². The molecular formula is C11H20O. The van der Waals surface area contributed by atoms with Crippen molar-refractivity contribution in [3.05, 3.63) is 0 Å². The van der Waals surface area contributed by atoms with Gasteiger partial charge in [-0.2, -0.15) is 0 Å². The highest BCUT2D eigenvalue weighted by Gasteiger charge is 2.29. The van der Waals surface area contributed by atoms with Crippen molar-refractivity contribution in [3.63, 3.8) is 0 Å². The second kappa shape index (κ2) is 3.78. The molecule has 1 N–H and O–H groups in total. The largest absolute Gasteiger partial charge is 0.393 e. The topological polar surface area (TPSA) is 20.2 Å². The molecule has 2 unspecified atom stereocenters. The fourth-order valence-corrected chi connectivity index (χ4v) is 2.64. The fourth-order valence-electron chi connectivity index (χ4n) is 2.64. The van der Waals surface area contributed by atoms with Crippen LogP contribution >= 0.6 is 0 Å². The second-order valence-corrected chi connectivity index (χ2v) is 4.63. The first-order valence-electron chi connectivity index (χ1n) is 5.54. The molecule has 12 heavy (non-hydrogen) atoms. The number of aliphatic hydroxyl groups excluding tert-OH is 1. The summed E-state index contributed by atoms with van der Waals surface area (Å²) in [6, 6.07) is 0. The lowest BCUT2D eigenvalue weighted by molar-refractivity contribution is 0.0163. The Morgan fingerprint density at radius 3 is 2.17 bits per heavy atom. The van der Waals surface area contributed by atoms with E-state index in [0.717, 1.165) is 12.3 Å². The van der Waals surface area contributed by atoms with Gasteiger partial charge in [0.1, 0.15) is 0 Å². The SMILES string of the molecule is OC1CCC1CCC1CCCC1. The molecule has 2 rings (SSSR count). The number of hydrogen-bond acceptors (Lipinski definition) is 1. The maximum atomic E-state index is 9.38. The summed E-state index contributed by atoms with van der Waals surface area (Å²) >= 11 is 0. The van der Waals surface area contributed by atoms with Crippen molar-refractivity contribution in [2.45, 2.75) is 57.5 Å². The first kappa shape index (κ1) is 8.55. The molecule has 0 aliphatic heterocycles. The minimum absolute atomic E-state index is 0.0615. The predicted molar refractivity (Wildman–Crippen MR) is 49.9 cm³/mol. The van der Waals surface area contributed by atoms with E-state index in [2.05, 4.69) is 0 Å². The predicted octanol–water partition coefficient (Wildman–Crippen LogP) is 2.73. The monoisotopic (exact) mass is 168 g/mol. The summed E-state index contributed by atoms with van der Waals surface area (Å²) in [5.41, 5.74) is 0. The summed E-state index contributed by atoms with van der Waals surface area (Å²) in [6.07, 6.45) is 10.9. The highest BCUT2D eigenvalue weighted by atomic mass is 16.3. The van der Waals surface area contributed by atoms with Gasteiger partial charge < -0.3 is 5.11 Å². The summed E-state index contributed by atoms with van der Waals surface area (Å²) in [7, 11) is 0. The molecule has 2 aliphatic carbocycles. The fraction of sp³-hybridized carbons (Fsp3) is 1.00. The van der Waals surface area contributed by atoms with Gasteiger partial charge in [-0.1, -0.05) is 32.1 Å². The van der Waals surface area contributed by atoms with Gasteiger partial charge in [-0.15, -0.1) is 0 Å². The standard InChI is InChI=1S/C11H20O/c12-11-8-7-10(11)6-5-9-3-1-2-4-9/h9-12H,1-8H2. The van der Waals surface area contributed by atoms with Crippen LogP contribution in [-0.2, 0) is 0 Å². The van der Waals surface area contributed by atoms with E-state index in [-0.39, 0.29) is 6.10 Å². The zero-order valence-electron chi connectivity index (χ0n) is 7.84. The van der Waals surface area contributed by atoms with Gasteiger partial charge in [0, 0.05) is 0 Å². The van der Waals surface area contributed by atoms with Crippen LogP contribution in [0.4, 0.5) is 0 Å². The molecule has 0 aromatic rings. The van der Waals surface area contributed by atoms with Crippen LogP contribution in [0.25, 0.3) is 0 Å². The molecule has 1 heteroatoms. The zero-order chi connectivity index (χ0) is 8.39. The van der Waals surface area contributed by atoms with E-state index >= 15 is 0 Å². The molecule has 0 spiro atoms. The zero-order valence-corrected chi connectivity index (χ0v) is 7.84. The summed E-state index contributed by atoms with van der Waals surface area (Å²) in [5, 5.41) is 9.38. The van der Waals surface area contributed by atoms with Gasteiger partial charge in [-0.3, -0.25) is 0 Å². The number of hydrogen-bond donors (Lipinski definition) is 1. The molecule has 0 radical (unpaired) electrons. The Labute approximate surface area is 75.2 Å². The van der Waals surface area contributed by atoms with E-state index in [1.54, 1.807) is 0 Å². The first-order valence-corrected chi connectivity index (χ1v) is 5.54. The molecule has 2 atom stereocenters. The van der Waals surface area contributed by atoms with Crippen molar-refractivity contribution in [3.8, 4) is 0 Å². The molecule has 0 heterocycles. The van der Waals surface area contributed by atoms with Crippen molar-refractivity contribution in [2.75, 3.05) is 0 Å². The Bertz CT molecular complexity index is 136. The smallest absolute Gasteiger partial charge is 0.0568 e. The minimum atomic E-state index is 0.0615. The van der Waals surface area contributed by atoms with Crippen LogP contribution in [0.2, 0.25) is 0 Å². The van der Waals surface area contributed by atoms with Gasteiger partial charge in [0.05, 0.1) is 6.10 Å². The molecular weight excluding hydrogens is 148 g/mol. The summed E-state index contributed by atoms with van der Waals surface area (Å²) in [5.74, 6) is 1.68. The van der Waals surface area contributed by atoms with E-state index in [1.807, 2.05) is 0 Å². The molecule has 0 bridgehead atoms. The molecule has 0 aromatic carbocycles. The van der Waals surface area contributed by atoms with Crippen molar-refractivity contribution >= 4 is 0 Å². The third-order valence-electron chi connectivity index (χ3n) is 3.80. The lowest BCUT2D eigenvalue weighted by Crippen LogP contribution is -2.31. The molecule has 0 amide bonds. The van der Waals surface area contributed by atoms with E-state index in [9.17, 15) is 5.11 Å². The molecule has 0 saturated heterocycles. The number of rotatable bonds is 3. The maximum absolute atomic E-state index is 9.38. The van der Waals surface area contributed by atoms with Crippen LogP contribution in [0.1, 0.15) is 51.4 Å². The van der Waals surface area contributed by atoms with Gasteiger partial charge in [-0.25, -0.2) is 0 Å². The van der Waals surface area contributed by atoms with Crippen molar-refractivity contribution in [1.29, 1.82) is 0 Å². The van der Waals surface area contributed by atoms with Crippen LogP contribution in [0.5, 0.6) is 0 Å². The molecule has 1 nitrogen and oxygen atoms in total. The second-order valence-electron chi connectivity index (χ2n) is 4.63. The van der Waals surface area contributed by atoms with Crippen LogP contribution in [0.3, 0.4) is 0 Å². The Morgan fingerprint density at radius 2 is 1.67 bits per heavy atom. The summed E-state index contributed by atoms with van der Waals surface area (Å²) in [6.45, 7) is 0. The quantitative estimate of drug-likeness (QED) is 0.687. The number of aliphatic hydroxyl groups is 1. The average Bonchev–Trinajstić information content (AvgIpc) is 2.54. The molecule has 70 valence electrons. The van der Waals surface area contributed by atoms with Crippen LogP contribution < -0.4 is 0 Å². The van der Waals surface area contributed by atoms with Gasteiger partial charge in [0.15, 0.2) is 0 Å². The highest BCUT2D eigenvalue weighted by molar-refractivity contribution is 4.81. The minimum Gasteiger partial charge on any atom is -0.393 e. The van der Waals surface area contributed by atoms with Gasteiger partial charge in [0.2, 0.25) is 0 Å². The van der Waals surface area contributed by atoms with E-state index < -0.39 is 0 Å². The van der Waals surface area contributed by atoms with E-state index in [4.69, 9.17) is 0 Å². The third-order valence-corrected chi connectivity index (χ3v) is 3.80. The van der Waals surface area contributed by atoms with Crippen molar-refractivity contribution in [1.82, 2.24) is 0 Å². The van der Waals surface area contributed by atoms with Crippen LogP contribution in [-0.4, -0.2) is 11.2 Å². The Kier molecular flexibility index (Phi) is 2.69. The van der Waals surface area contributed by atoms with Crippen LogP contribution in [0, 0.1) is 11.8 Å². The molecule has 2 aliphatic rings. The molecule has 2 saturated carbocycles. The normalized spacial score (nSPS) is 36.8. The van der Waals surface area contributed by atoms with E-state index in [0.29, 0.717) is 5.92 Å². The Morgan fingerprint density at radius 1 is 0.917 bits per heavy atom. The lowest BCUT2D eigenvalue weighted by atomic mass is 9.77. The van der Waals surface area contributed by atoms with Gasteiger partial charge in [0.25, 0.3) is 0 Å². The Balaban J connectivity index is 1.61. The first-order chi connectivity index (χ1) is 5.86. The molecule has 2 fully saturated rings. The van der Waals surface area contributed by atoms with Gasteiger partial charge >= 0.3 is 0 Å².